The Labute approximate surface area is 209 Å². The number of hydrogen-bond donors (Lipinski definition) is 0. The molecule has 0 saturated carbocycles. The molecule has 0 radical (unpaired) electrons. The number of halogens is 6. The first-order valence-corrected chi connectivity index (χ1v) is 10.8. The van der Waals surface area contributed by atoms with Gasteiger partial charge in [0.15, 0.2) is 34.9 Å². The van der Waals surface area contributed by atoms with Gasteiger partial charge in [-0.1, -0.05) is 24.3 Å². The van der Waals surface area contributed by atoms with Crippen molar-refractivity contribution in [2.24, 2.45) is 0 Å². The van der Waals surface area contributed by atoms with Crippen molar-refractivity contribution in [3.05, 3.63) is 119 Å². The highest BCUT2D eigenvalue weighted by Crippen LogP contribution is 2.35. The van der Waals surface area contributed by atoms with Gasteiger partial charge in [-0.15, -0.1) is 0 Å². The van der Waals surface area contributed by atoms with Gasteiger partial charge in [-0.3, -0.25) is 0 Å². The van der Waals surface area contributed by atoms with E-state index in [2.05, 4.69) is 0 Å². The summed E-state index contributed by atoms with van der Waals surface area (Å²) < 4.78 is 92.2. The molecule has 10 heteroatoms. The van der Waals surface area contributed by atoms with Gasteiger partial charge in [0.05, 0.1) is 11.1 Å². The van der Waals surface area contributed by atoms with Gasteiger partial charge in [0.1, 0.15) is 11.5 Å². The predicted octanol–water partition coefficient (Wildman–Crippen LogP) is 7.27. The summed E-state index contributed by atoms with van der Waals surface area (Å²) >= 11 is 0. The minimum Gasteiger partial charge on any atom is -0.422 e. The number of carbonyl (C=O) groups is 2. The fourth-order valence-electron chi connectivity index (χ4n) is 3.85. The Morgan fingerprint density at radius 3 is 1.29 bits per heavy atom. The van der Waals surface area contributed by atoms with Crippen LogP contribution in [0.1, 0.15) is 20.7 Å². The van der Waals surface area contributed by atoms with E-state index in [9.17, 15) is 35.9 Å². The van der Waals surface area contributed by atoms with Gasteiger partial charge in [-0.25, -0.2) is 35.9 Å². The van der Waals surface area contributed by atoms with Crippen LogP contribution in [0, 0.1) is 34.9 Å². The third-order valence-electron chi connectivity index (χ3n) is 5.71. The third kappa shape index (κ3) is 4.30. The maximum absolute atomic E-state index is 14.1. The summed E-state index contributed by atoms with van der Waals surface area (Å²) in [6, 6.07) is 14.9. The molecule has 5 aromatic carbocycles. The first-order chi connectivity index (χ1) is 18.2. The number of benzene rings is 5. The number of esters is 2. The zero-order chi connectivity index (χ0) is 27.1. The van der Waals surface area contributed by atoms with Gasteiger partial charge in [0.25, 0.3) is 0 Å². The minimum atomic E-state index is -1.81. The molecule has 0 unspecified atom stereocenters. The van der Waals surface area contributed by atoms with Crippen LogP contribution in [-0.2, 0) is 0 Å². The normalized spacial score (nSPS) is 11.1. The Kier molecular flexibility index (Phi) is 6.23. The van der Waals surface area contributed by atoms with Crippen LogP contribution in [0.4, 0.5) is 26.3 Å². The van der Waals surface area contributed by atoms with E-state index in [1.165, 1.54) is 24.3 Å². The lowest BCUT2D eigenvalue weighted by molar-refractivity contribution is 0.0720. The Balaban J connectivity index is 1.51. The molecule has 0 aliphatic rings. The molecule has 38 heavy (non-hydrogen) atoms. The van der Waals surface area contributed by atoms with E-state index in [1.54, 1.807) is 24.3 Å². The molecule has 5 aromatic rings. The second-order valence-electron chi connectivity index (χ2n) is 8.03. The SMILES string of the molecule is O=C(Oc1cccc2cc3c(OC(=O)c4ccc(F)c(F)c4F)cccc3cc12)c1ccc(F)c(F)c1F. The van der Waals surface area contributed by atoms with Crippen molar-refractivity contribution in [2.45, 2.75) is 0 Å². The topological polar surface area (TPSA) is 52.6 Å². The van der Waals surface area contributed by atoms with Gasteiger partial charge < -0.3 is 9.47 Å². The molecule has 0 saturated heterocycles. The van der Waals surface area contributed by atoms with Crippen molar-refractivity contribution in [3.8, 4) is 11.5 Å². The summed E-state index contributed by atoms with van der Waals surface area (Å²) in [5, 5.41) is 1.67. The van der Waals surface area contributed by atoms with Crippen molar-refractivity contribution >= 4 is 33.5 Å². The first-order valence-electron chi connectivity index (χ1n) is 10.8. The van der Waals surface area contributed by atoms with Gasteiger partial charge >= 0.3 is 11.9 Å². The van der Waals surface area contributed by atoms with E-state index < -0.39 is 58.0 Å². The van der Waals surface area contributed by atoms with E-state index in [1.807, 2.05) is 0 Å². The molecular weight excluding hydrogens is 514 g/mol. The van der Waals surface area contributed by atoms with Crippen LogP contribution in [-0.4, -0.2) is 11.9 Å². The van der Waals surface area contributed by atoms with E-state index in [0.29, 0.717) is 33.7 Å². The number of fused-ring (bicyclic) bond motifs is 2. The zero-order valence-electron chi connectivity index (χ0n) is 18.8. The molecular formula is C28H12F6O4. The lowest BCUT2D eigenvalue weighted by Gasteiger charge is -2.12. The van der Waals surface area contributed by atoms with E-state index >= 15 is 0 Å². The zero-order valence-corrected chi connectivity index (χ0v) is 18.8. The maximum atomic E-state index is 14.1. The summed E-state index contributed by atoms with van der Waals surface area (Å²) in [5.74, 6) is -12.5. The summed E-state index contributed by atoms with van der Waals surface area (Å²) in [5.41, 5.74) is -1.61. The molecule has 4 nitrogen and oxygen atoms in total. The smallest absolute Gasteiger partial charge is 0.346 e. The molecule has 190 valence electrons. The van der Waals surface area contributed by atoms with Crippen molar-refractivity contribution in [1.82, 2.24) is 0 Å². The second kappa shape index (κ2) is 9.55. The van der Waals surface area contributed by atoms with Crippen molar-refractivity contribution in [2.75, 3.05) is 0 Å². The molecule has 0 aromatic heterocycles. The molecule has 0 aliphatic heterocycles. The standard InChI is InChI=1S/C28H12F6O4/c29-19-9-7-15(23(31)25(19)33)27(35)37-21-5-1-3-13-11-18-14(12-17(13)21)4-2-6-22(18)38-28(36)16-8-10-20(30)26(34)24(16)32/h1-12H. The highest BCUT2D eigenvalue weighted by atomic mass is 19.2. The average Bonchev–Trinajstić information content (AvgIpc) is 2.90. The van der Waals surface area contributed by atoms with Gasteiger partial charge in [0.2, 0.25) is 0 Å². The van der Waals surface area contributed by atoms with Crippen LogP contribution < -0.4 is 9.47 Å². The van der Waals surface area contributed by atoms with Crippen LogP contribution >= 0.6 is 0 Å². The Morgan fingerprint density at radius 2 is 0.895 bits per heavy atom. The molecule has 0 aliphatic carbocycles. The van der Waals surface area contributed by atoms with Crippen molar-refractivity contribution in [1.29, 1.82) is 0 Å². The van der Waals surface area contributed by atoms with Crippen LogP contribution in [0.5, 0.6) is 11.5 Å². The molecule has 0 N–H and O–H groups in total. The van der Waals surface area contributed by atoms with Gasteiger partial charge in [-0.2, -0.15) is 0 Å². The Morgan fingerprint density at radius 1 is 0.500 bits per heavy atom. The van der Waals surface area contributed by atoms with Crippen molar-refractivity contribution in [3.63, 3.8) is 0 Å². The average molecular weight is 526 g/mol. The number of carbonyl (C=O) groups excluding carboxylic acids is 2. The van der Waals surface area contributed by atoms with Crippen LogP contribution in [0.2, 0.25) is 0 Å². The van der Waals surface area contributed by atoms with E-state index in [4.69, 9.17) is 9.47 Å². The lowest BCUT2D eigenvalue weighted by Crippen LogP contribution is -2.13. The molecule has 0 bridgehead atoms. The van der Waals surface area contributed by atoms with Crippen LogP contribution in [0.3, 0.4) is 0 Å². The molecule has 0 heterocycles. The van der Waals surface area contributed by atoms with E-state index in [0.717, 1.165) is 12.1 Å². The van der Waals surface area contributed by atoms with Crippen molar-refractivity contribution < 1.29 is 45.4 Å². The lowest BCUT2D eigenvalue weighted by atomic mass is 10.0. The summed E-state index contributed by atoms with van der Waals surface area (Å²) in [6.07, 6.45) is 0. The highest BCUT2D eigenvalue weighted by Gasteiger charge is 2.23. The molecule has 0 spiro atoms. The summed E-state index contributed by atoms with van der Waals surface area (Å²) in [4.78, 5) is 25.0. The molecule has 5 rings (SSSR count). The monoisotopic (exact) mass is 526 g/mol. The highest BCUT2D eigenvalue weighted by molar-refractivity contribution is 6.05. The number of rotatable bonds is 4. The Hall–Kier alpha value is -4.86. The largest absolute Gasteiger partial charge is 0.422 e. The van der Waals surface area contributed by atoms with E-state index in [-0.39, 0.29) is 11.5 Å². The minimum absolute atomic E-state index is 0.0233. The fraction of sp³-hybridized carbons (Fsp3) is 0. The van der Waals surface area contributed by atoms with Gasteiger partial charge in [-0.05, 0) is 59.3 Å². The number of ether oxygens (including phenoxy) is 2. The molecule has 0 atom stereocenters. The predicted molar refractivity (Wildman–Crippen MR) is 124 cm³/mol. The second-order valence-corrected chi connectivity index (χ2v) is 8.03. The first kappa shape index (κ1) is 24.8. The van der Waals surface area contributed by atoms with Gasteiger partial charge in [0, 0.05) is 10.8 Å². The molecule has 0 fully saturated rings. The van der Waals surface area contributed by atoms with Crippen LogP contribution in [0.25, 0.3) is 21.5 Å². The van der Waals surface area contributed by atoms with Crippen LogP contribution in [0.15, 0.2) is 72.8 Å². The third-order valence-corrected chi connectivity index (χ3v) is 5.71. The Bertz CT molecular complexity index is 1650. The summed E-state index contributed by atoms with van der Waals surface area (Å²) in [7, 11) is 0. The number of hydrogen-bond acceptors (Lipinski definition) is 4. The maximum Gasteiger partial charge on any atom is 0.346 e. The fourth-order valence-corrected chi connectivity index (χ4v) is 3.85. The summed E-state index contributed by atoms with van der Waals surface area (Å²) in [6.45, 7) is 0. The molecule has 0 amide bonds. The quantitative estimate of drug-likeness (QED) is 0.0813.